The minimum atomic E-state index is -4.11. The van der Waals surface area contributed by atoms with Crippen LogP contribution in [0.1, 0.15) is 27.5 Å². The van der Waals surface area contributed by atoms with Gasteiger partial charge in [0.05, 0.1) is 25.2 Å². The molecule has 0 radical (unpaired) electrons. The van der Waals surface area contributed by atoms with Gasteiger partial charge in [0.2, 0.25) is 15.8 Å². The lowest BCUT2D eigenvalue weighted by atomic mass is 9.95. The van der Waals surface area contributed by atoms with Gasteiger partial charge in [-0.1, -0.05) is 60.2 Å². The Balaban J connectivity index is 2.10. The fraction of sp³-hybridized carbons (Fsp3) is 0.200. The highest BCUT2D eigenvalue weighted by Gasteiger charge is 2.37. The first-order chi connectivity index (χ1) is 16.2. The standard InChI is InChI=1S/C25H25NO7S/c1-17-9-15-21(16-10-17)34(29,30)26-22(18-11-13-20(31-2)14-12-18)24(33-25(28)32-3)23(27)19-7-5-4-6-8-19/h4-16,22,24,26H,1-3H3/t22-,24-/m0/s1. The van der Waals surface area contributed by atoms with Crippen LogP contribution in [-0.2, 0) is 19.5 Å². The summed E-state index contributed by atoms with van der Waals surface area (Å²) in [5.74, 6) is -0.0675. The molecule has 0 aliphatic heterocycles. The number of hydrogen-bond acceptors (Lipinski definition) is 7. The molecule has 3 rings (SSSR count). The maximum absolute atomic E-state index is 13.4. The zero-order valence-electron chi connectivity index (χ0n) is 18.9. The summed E-state index contributed by atoms with van der Waals surface area (Å²) in [6.45, 7) is 1.84. The number of hydrogen-bond donors (Lipinski definition) is 1. The molecule has 0 saturated carbocycles. The van der Waals surface area contributed by atoms with Gasteiger partial charge >= 0.3 is 6.16 Å². The zero-order valence-corrected chi connectivity index (χ0v) is 19.7. The van der Waals surface area contributed by atoms with Crippen molar-refractivity contribution in [3.8, 4) is 5.75 Å². The number of benzene rings is 3. The van der Waals surface area contributed by atoms with E-state index < -0.39 is 34.1 Å². The van der Waals surface area contributed by atoms with E-state index in [2.05, 4.69) is 9.46 Å². The minimum Gasteiger partial charge on any atom is -0.497 e. The van der Waals surface area contributed by atoms with Crippen molar-refractivity contribution < 1.29 is 32.2 Å². The highest BCUT2D eigenvalue weighted by atomic mass is 32.2. The Labute approximate surface area is 198 Å². The molecule has 0 spiro atoms. The van der Waals surface area contributed by atoms with Gasteiger partial charge in [0.1, 0.15) is 5.75 Å². The van der Waals surface area contributed by atoms with Gasteiger partial charge in [-0.3, -0.25) is 4.79 Å². The maximum atomic E-state index is 13.4. The quantitative estimate of drug-likeness (QED) is 0.361. The molecule has 0 unspecified atom stereocenters. The van der Waals surface area contributed by atoms with Gasteiger partial charge in [-0.05, 0) is 36.8 Å². The molecule has 8 nitrogen and oxygen atoms in total. The molecular weight excluding hydrogens is 458 g/mol. The second kappa shape index (κ2) is 11.0. The van der Waals surface area contributed by atoms with E-state index in [1.165, 1.54) is 19.2 Å². The summed E-state index contributed by atoms with van der Waals surface area (Å²) in [7, 11) is -1.51. The molecule has 0 aromatic heterocycles. The molecule has 3 aromatic carbocycles. The molecule has 0 heterocycles. The minimum absolute atomic E-state index is 0.000546. The van der Waals surface area contributed by atoms with Crippen LogP contribution in [0.2, 0.25) is 0 Å². The summed E-state index contributed by atoms with van der Waals surface area (Å²) >= 11 is 0. The number of carbonyl (C=O) groups is 2. The monoisotopic (exact) mass is 483 g/mol. The summed E-state index contributed by atoms with van der Waals surface area (Å²) in [5.41, 5.74) is 1.51. The van der Waals surface area contributed by atoms with E-state index in [9.17, 15) is 18.0 Å². The molecule has 9 heteroatoms. The van der Waals surface area contributed by atoms with Crippen molar-refractivity contribution in [1.29, 1.82) is 0 Å². The zero-order chi connectivity index (χ0) is 24.7. The number of carbonyl (C=O) groups excluding carboxylic acids is 2. The predicted molar refractivity (Wildman–Crippen MR) is 125 cm³/mol. The van der Waals surface area contributed by atoms with Crippen LogP contribution in [-0.4, -0.2) is 40.7 Å². The van der Waals surface area contributed by atoms with Gasteiger partial charge in [0.15, 0.2) is 6.10 Å². The van der Waals surface area contributed by atoms with Crippen molar-refractivity contribution in [1.82, 2.24) is 4.72 Å². The van der Waals surface area contributed by atoms with E-state index >= 15 is 0 Å². The Bertz CT molecular complexity index is 1220. The highest BCUT2D eigenvalue weighted by Crippen LogP contribution is 2.27. The number of rotatable bonds is 9. The van der Waals surface area contributed by atoms with Crippen LogP contribution in [0.4, 0.5) is 4.79 Å². The van der Waals surface area contributed by atoms with Gasteiger partial charge < -0.3 is 14.2 Å². The van der Waals surface area contributed by atoms with Crippen LogP contribution in [0, 0.1) is 6.92 Å². The molecule has 3 aromatic rings. The summed E-state index contributed by atoms with van der Waals surface area (Å²) in [6, 6.07) is 19.5. The number of ketones is 1. The Hall–Kier alpha value is -3.69. The summed E-state index contributed by atoms with van der Waals surface area (Å²) in [4.78, 5) is 25.5. The van der Waals surface area contributed by atoms with Gasteiger partial charge in [-0.25, -0.2) is 13.2 Å². The number of ether oxygens (including phenoxy) is 3. The maximum Gasteiger partial charge on any atom is 0.508 e. The van der Waals surface area contributed by atoms with Crippen LogP contribution in [0.3, 0.4) is 0 Å². The van der Waals surface area contributed by atoms with E-state index in [0.717, 1.165) is 12.7 Å². The normalized spacial score (nSPS) is 12.9. The second-order valence-corrected chi connectivity index (χ2v) is 9.12. The molecular formula is C25H25NO7S. The molecule has 0 fully saturated rings. The van der Waals surface area contributed by atoms with Crippen molar-refractivity contribution in [3.05, 3.63) is 95.6 Å². The van der Waals surface area contributed by atoms with Crippen molar-refractivity contribution in [2.24, 2.45) is 0 Å². The largest absolute Gasteiger partial charge is 0.508 e. The fourth-order valence-electron chi connectivity index (χ4n) is 3.26. The van der Waals surface area contributed by atoms with Crippen LogP contribution < -0.4 is 9.46 Å². The van der Waals surface area contributed by atoms with Gasteiger partial charge in [-0.15, -0.1) is 0 Å². The molecule has 2 atom stereocenters. The molecule has 1 N–H and O–H groups in total. The highest BCUT2D eigenvalue weighted by molar-refractivity contribution is 7.89. The molecule has 178 valence electrons. The fourth-order valence-corrected chi connectivity index (χ4v) is 4.48. The molecule has 0 bridgehead atoms. The smallest absolute Gasteiger partial charge is 0.497 e. The first-order valence-electron chi connectivity index (χ1n) is 10.3. The number of methoxy groups -OCH3 is 2. The molecule has 0 amide bonds. The van der Waals surface area contributed by atoms with Gasteiger partial charge in [0.25, 0.3) is 0 Å². The average Bonchev–Trinajstić information content (AvgIpc) is 2.86. The Morgan fingerprint density at radius 1 is 0.853 bits per heavy atom. The Morgan fingerprint density at radius 3 is 2.03 bits per heavy atom. The van der Waals surface area contributed by atoms with Crippen molar-refractivity contribution in [2.75, 3.05) is 14.2 Å². The second-order valence-electron chi connectivity index (χ2n) is 7.41. The first-order valence-corrected chi connectivity index (χ1v) is 11.8. The predicted octanol–water partition coefficient (Wildman–Crippen LogP) is 4.06. The van der Waals surface area contributed by atoms with E-state index in [4.69, 9.17) is 9.47 Å². The van der Waals surface area contributed by atoms with E-state index in [0.29, 0.717) is 11.3 Å². The molecule has 0 aliphatic rings. The third-order valence-electron chi connectivity index (χ3n) is 5.10. The van der Waals surface area contributed by atoms with E-state index in [1.54, 1.807) is 66.7 Å². The van der Waals surface area contributed by atoms with Gasteiger partial charge in [0, 0.05) is 5.56 Å². The van der Waals surface area contributed by atoms with Crippen LogP contribution in [0.5, 0.6) is 5.75 Å². The van der Waals surface area contributed by atoms with Crippen LogP contribution in [0.25, 0.3) is 0 Å². The average molecular weight is 484 g/mol. The van der Waals surface area contributed by atoms with Crippen molar-refractivity contribution in [3.63, 3.8) is 0 Å². The molecule has 0 saturated heterocycles. The summed E-state index contributed by atoms with van der Waals surface area (Å²) in [5, 5.41) is 0. The third kappa shape index (κ3) is 6.00. The number of nitrogens with one attached hydrogen (secondary N) is 1. The lowest BCUT2D eigenvalue weighted by Crippen LogP contribution is -2.43. The van der Waals surface area contributed by atoms with Gasteiger partial charge in [-0.2, -0.15) is 4.72 Å². The molecule has 34 heavy (non-hydrogen) atoms. The Morgan fingerprint density at radius 2 is 1.47 bits per heavy atom. The Kier molecular flexibility index (Phi) is 8.04. The van der Waals surface area contributed by atoms with E-state index in [1.807, 2.05) is 6.92 Å². The lowest BCUT2D eigenvalue weighted by molar-refractivity contribution is 0.0236. The first kappa shape index (κ1) is 24.9. The van der Waals surface area contributed by atoms with Crippen molar-refractivity contribution in [2.45, 2.75) is 24.0 Å². The van der Waals surface area contributed by atoms with Crippen LogP contribution in [0.15, 0.2) is 83.8 Å². The molecule has 0 aliphatic carbocycles. The number of aryl methyl sites for hydroxylation is 1. The number of Topliss-reactive ketones (excluding diaryl/α,β-unsaturated/α-hetero) is 1. The summed E-state index contributed by atoms with van der Waals surface area (Å²) in [6.07, 6.45) is -2.68. The van der Waals surface area contributed by atoms with Crippen molar-refractivity contribution >= 4 is 22.0 Å². The van der Waals surface area contributed by atoms with E-state index in [-0.39, 0.29) is 10.5 Å². The lowest BCUT2D eigenvalue weighted by Gasteiger charge is -2.27. The summed E-state index contributed by atoms with van der Waals surface area (Å²) < 4.78 is 44.1. The number of sulfonamides is 1. The third-order valence-corrected chi connectivity index (χ3v) is 6.55. The topological polar surface area (TPSA) is 108 Å². The van der Waals surface area contributed by atoms with Crippen LogP contribution >= 0.6 is 0 Å². The SMILES string of the molecule is COC(=O)O[C@H](C(=O)c1ccccc1)[C@@H](NS(=O)(=O)c1ccc(C)cc1)c1ccc(OC)cc1.